The highest BCUT2D eigenvalue weighted by atomic mass is 32.1. The van der Waals surface area contributed by atoms with Crippen LogP contribution in [0.1, 0.15) is 0 Å². The lowest BCUT2D eigenvalue weighted by molar-refractivity contribution is 1.17. The van der Waals surface area contributed by atoms with Gasteiger partial charge < -0.3 is 9.13 Å². The van der Waals surface area contributed by atoms with Gasteiger partial charge in [-0.3, -0.25) is 0 Å². The summed E-state index contributed by atoms with van der Waals surface area (Å²) in [5.41, 5.74) is 7.24. The molecule has 0 saturated carbocycles. The Kier molecular flexibility index (Phi) is 5.27. The minimum absolute atomic E-state index is 1.20. The fourth-order valence-corrected chi connectivity index (χ4v) is 8.56. The molecule has 9 aromatic rings. The van der Waals surface area contributed by atoms with E-state index in [0.29, 0.717) is 0 Å². The smallest absolute Gasteiger partial charge is 0.0656 e. The fraction of sp³-hybridized carbons (Fsp3) is 0. The van der Waals surface area contributed by atoms with Crippen LogP contribution in [-0.4, -0.2) is 9.13 Å². The van der Waals surface area contributed by atoms with E-state index in [2.05, 4.69) is 155 Å². The maximum atomic E-state index is 2.47. The van der Waals surface area contributed by atoms with E-state index < -0.39 is 0 Å². The van der Waals surface area contributed by atoms with Crippen molar-refractivity contribution in [2.45, 2.75) is 0 Å². The maximum absolute atomic E-state index is 2.47. The van der Waals surface area contributed by atoms with Gasteiger partial charge in [-0.1, -0.05) is 97.1 Å². The molecule has 0 fully saturated rings. The van der Waals surface area contributed by atoms with Gasteiger partial charge in [0.15, 0.2) is 0 Å². The molecule has 0 bridgehead atoms. The lowest BCUT2D eigenvalue weighted by Crippen LogP contribution is -2.03. The van der Waals surface area contributed by atoms with E-state index >= 15 is 0 Å². The van der Waals surface area contributed by atoms with E-state index in [1.807, 2.05) is 22.7 Å². The van der Waals surface area contributed by atoms with Crippen molar-refractivity contribution in [3.8, 4) is 11.4 Å². The molecule has 0 radical (unpaired) electrons. The number of hydrogen-bond donors (Lipinski definition) is 0. The zero-order valence-corrected chi connectivity index (χ0v) is 24.2. The van der Waals surface area contributed by atoms with Crippen molar-refractivity contribution < 1.29 is 0 Å². The number of para-hydroxylation sites is 2. The van der Waals surface area contributed by atoms with Crippen LogP contribution in [0.15, 0.2) is 146 Å². The summed E-state index contributed by atoms with van der Waals surface area (Å²) in [6.45, 7) is 0. The predicted octanol–water partition coefficient (Wildman–Crippen LogP) is 11.4. The summed E-state index contributed by atoms with van der Waals surface area (Å²) in [5.74, 6) is 0. The Balaban J connectivity index is 1.50. The van der Waals surface area contributed by atoms with Gasteiger partial charge in [0.1, 0.15) is 0 Å². The zero-order chi connectivity index (χ0) is 27.6. The van der Waals surface area contributed by atoms with Crippen LogP contribution < -0.4 is 0 Å². The summed E-state index contributed by atoms with van der Waals surface area (Å²) in [4.78, 5) is 0. The summed E-state index contributed by atoms with van der Waals surface area (Å²) in [5, 5.41) is 4.98. The first-order chi connectivity index (χ1) is 20.8. The van der Waals surface area contributed by atoms with Crippen LogP contribution in [0.5, 0.6) is 0 Å². The second-order valence-corrected chi connectivity index (χ2v) is 12.8. The molecule has 0 spiro atoms. The average molecular weight is 573 g/mol. The van der Waals surface area contributed by atoms with Crippen molar-refractivity contribution in [2.75, 3.05) is 0 Å². The van der Waals surface area contributed by atoms with Crippen molar-refractivity contribution in [2.24, 2.45) is 0 Å². The topological polar surface area (TPSA) is 9.86 Å². The second-order valence-electron chi connectivity index (χ2n) is 10.6. The van der Waals surface area contributed by atoms with Crippen LogP contribution in [0.3, 0.4) is 0 Å². The quantitative estimate of drug-likeness (QED) is 0.182. The van der Waals surface area contributed by atoms with Crippen LogP contribution >= 0.6 is 22.7 Å². The van der Waals surface area contributed by atoms with Gasteiger partial charge in [-0.05, 0) is 59.3 Å². The molecule has 4 heteroatoms. The summed E-state index contributed by atoms with van der Waals surface area (Å²) in [7, 11) is 0. The highest BCUT2D eigenvalue weighted by molar-refractivity contribution is 7.26. The van der Waals surface area contributed by atoms with Crippen LogP contribution in [0.2, 0.25) is 0 Å². The van der Waals surface area contributed by atoms with Crippen molar-refractivity contribution in [1.82, 2.24) is 9.13 Å². The van der Waals surface area contributed by atoms with Gasteiger partial charge in [0.2, 0.25) is 0 Å². The van der Waals surface area contributed by atoms with Crippen LogP contribution in [-0.2, 0) is 0 Å². The van der Waals surface area contributed by atoms with E-state index in [0.717, 1.165) is 0 Å². The molecule has 0 N–H and O–H groups in total. The molecule has 0 aliphatic carbocycles. The average Bonchev–Trinajstić information content (AvgIpc) is 3.05. The Bertz CT molecular complexity index is 2350. The van der Waals surface area contributed by atoms with Crippen molar-refractivity contribution in [1.29, 1.82) is 0 Å². The molecule has 0 saturated heterocycles. The molecule has 0 aliphatic heterocycles. The van der Waals surface area contributed by atoms with Crippen molar-refractivity contribution in [3.05, 3.63) is 146 Å². The summed E-state index contributed by atoms with van der Waals surface area (Å²) < 4.78 is 10.0. The first-order valence-electron chi connectivity index (χ1n) is 14.1. The molecule has 0 atom stereocenters. The normalized spacial score (nSPS) is 11.8. The molecule has 2 heterocycles. The highest BCUT2D eigenvalue weighted by Gasteiger charge is 2.16. The molecular weight excluding hydrogens is 549 g/mol. The molecule has 7 aromatic carbocycles. The van der Waals surface area contributed by atoms with Crippen LogP contribution in [0.25, 0.3) is 73.8 Å². The molecule has 198 valence electrons. The van der Waals surface area contributed by atoms with Gasteiger partial charge in [0.25, 0.3) is 0 Å². The zero-order valence-electron chi connectivity index (χ0n) is 22.6. The second kappa shape index (κ2) is 9.31. The van der Waals surface area contributed by atoms with Crippen molar-refractivity contribution >= 4 is 85.1 Å². The van der Waals surface area contributed by atoms with Gasteiger partial charge in [0.05, 0.1) is 52.2 Å². The van der Waals surface area contributed by atoms with Crippen LogP contribution in [0.4, 0.5) is 0 Å². The number of aromatic nitrogens is 2. The number of fused-ring (bicyclic) bond motifs is 6. The summed E-state index contributed by atoms with van der Waals surface area (Å²) in [6, 6.07) is 53.0. The lowest BCUT2D eigenvalue weighted by Gasteiger charge is -2.21. The van der Waals surface area contributed by atoms with Gasteiger partial charge in [-0.15, -0.1) is 22.7 Å². The summed E-state index contributed by atoms with van der Waals surface area (Å²) >= 11 is 3.73. The first kappa shape index (κ1) is 23.8. The molecular formula is C38H24N2S2. The number of rotatable bonds is 2. The van der Waals surface area contributed by atoms with Gasteiger partial charge in [-0.25, -0.2) is 0 Å². The van der Waals surface area contributed by atoms with Crippen molar-refractivity contribution in [3.63, 3.8) is 0 Å². The predicted molar refractivity (Wildman–Crippen MR) is 184 cm³/mol. The molecule has 0 aliphatic rings. The minimum Gasteiger partial charge on any atom is -0.307 e. The molecule has 2 nitrogen and oxygen atoms in total. The van der Waals surface area contributed by atoms with E-state index in [-0.39, 0.29) is 0 Å². The van der Waals surface area contributed by atoms with Gasteiger partial charge in [0, 0.05) is 10.8 Å². The maximum Gasteiger partial charge on any atom is 0.0656 e. The SMILES string of the molecule is c1ccc2c(-n3c4ccccc4sc4cc5sc6ccccc6n(-c6cccc7ccccc67)c5cc43)cccc2c1. The third-order valence-electron chi connectivity index (χ3n) is 8.19. The summed E-state index contributed by atoms with van der Waals surface area (Å²) in [6.07, 6.45) is 0. The Morgan fingerprint density at radius 2 is 0.762 bits per heavy atom. The van der Waals surface area contributed by atoms with E-state index in [1.165, 1.54) is 73.8 Å². The largest absolute Gasteiger partial charge is 0.307 e. The number of benzene rings is 7. The van der Waals surface area contributed by atoms with Crippen LogP contribution in [0, 0.1) is 0 Å². The molecule has 2 aromatic heterocycles. The number of nitrogens with zero attached hydrogens (tertiary/aromatic N) is 2. The Hall–Kier alpha value is -4.90. The lowest BCUT2D eigenvalue weighted by atomic mass is 10.1. The van der Waals surface area contributed by atoms with Gasteiger partial charge in [-0.2, -0.15) is 0 Å². The third-order valence-corrected chi connectivity index (χ3v) is 10.4. The minimum atomic E-state index is 1.20. The van der Waals surface area contributed by atoms with E-state index in [1.54, 1.807) is 0 Å². The van der Waals surface area contributed by atoms with Gasteiger partial charge >= 0.3 is 0 Å². The Labute approximate surface area is 250 Å². The molecule has 0 unspecified atom stereocenters. The Morgan fingerprint density at radius 3 is 1.29 bits per heavy atom. The highest BCUT2D eigenvalue weighted by Crippen LogP contribution is 2.40. The first-order valence-corrected chi connectivity index (χ1v) is 15.7. The van der Waals surface area contributed by atoms with E-state index in [4.69, 9.17) is 0 Å². The molecule has 9 rings (SSSR count). The molecule has 42 heavy (non-hydrogen) atoms. The van der Waals surface area contributed by atoms with E-state index in [9.17, 15) is 0 Å². The standard InChI is InChI=1S/C38H24N2S2/c1-3-15-27-25(11-1)13-9-19-29(27)39-31-17-5-7-21-35(31)41-37-24-38-34(23-33(37)39)40(32-18-6-8-22-36(32)42-38)30-20-10-14-26-12-2-4-16-28(26)30/h1-24H. The fourth-order valence-electron chi connectivity index (χ4n) is 6.33. The molecule has 0 amide bonds. The number of hydrogen-bond acceptors (Lipinski definition) is 2. The monoisotopic (exact) mass is 572 g/mol. The Morgan fingerprint density at radius 1 is 0.333 bits per heavy atom. The third kappa shape index (κ3) is 3.56.